The Labute approximate surface area is 126 Å². The average Bonchev–Trinajstić information content (AvgIpc) is 2.49. The number of carbonyl (C=O) groups excluding carboxylic acids is 1. The van der Waals surface area contributed by atoms with Crippen LogP contribution in [0, 0.1) is 0 Å². The lowest BCUT2D eigenvalue weighted by Gasteiger charge is -2.26. The van der Waals surface area contributed by atoms with Gasteiger partial charge in [-0.25, -0.2) is 0 Å². The summed E-state index contributed by atoms with van der Waals surface area (Å²) >= 11 is 1.93. The van der Waals surface area contributed by atoms with E-state index < -0.39 is 0 Å². The van der Waals surface area contributed by atoms with Gasteiger partial charge in [-0.15, -0.1) is 0 Å². The smallest absolute Gasteiger partial charge is 0.221 e. The van der Waals surface area contributed by atoms with Crippen LogP contribution in [0.5, 0.6) is 0 Å². The van der Waals surface area contributed by atoms with Crippen LogP contribution in [-0.4, -0.2) is 74.3 Å². The van der Waals surface area contributed by atoms with Crippen molar-refractivity contribution >= 4 is 17.7 Å². The second-order valence-electron chi connectivity index (χ2n) is 5.44. The minimum absolute atomic E-state index is 0.191. The molecule has 6 heteroatoms. The van der Waals surface area contributed by atoms with Crippen LogP contribution in [0.15, 0.2) is 0 Å². The van der Waals surface area contributed by atoms with Crippen molar-refractivity contribution in [3.05, 3.63) is 0 Å². The molecule has 0 aromatic heterocycles. The van der Waals surface area contributed by atoms with E-state index in [0.717, 1.165) is 64.5 Å². The summed E-state index contributed by atoms with van der Waals surface area (Å²) < 4.78 is 5.32. The lowest BCUT2D eigenvalue weighted by molar-refractivity contribution is -0.121. The highest BCUT2D eigenvalue weighted by Gasteiger charge is 2.16. The first-order valence-electron chi connectivity index (χ1n) is 7.72. The number of amides is 1. The summed E-state index contributed by atoms with van der Waals surface area (Å²) in [5.74, 6) is 2.42. The van der Waals surface area contributed by atoms with Crippen molar-refractivity contribution in [3.8, 4) is 0 Å². The maximum atomic E-state index is 11.8. The molecule has 0 aromatic rings. The number of morpholine rings is 1. The SMILES string of the molecule is O=C(CC1CSCCN1)NCCCCN1CCOCC1. The number of nitrogens with zero attached hydrogens (tertiary/aromatic N) is 1. The average molecular weight is 301 g/mol. The van der Waals surface area contributed by atoms with Crippen molar-refractivity contribution in [3.63, 3.8) is 0 Å². The second-order valence-corrected chi connectivity index (χ2v) is 6.59. The monoisotopic (exact) mass is 301 g/mol. The first-order valence-corrected chi connectivity index (χ1v) is 8.88. The molecule has 2 heterocycles. The van der Waals surface area contributed by atoms with Crippen LogP contribution in [0.4, 0.5) is 0 Å². The summed E-state index contributed by atoms with van der Waals surface area (Å²) in [5, 5.41) is 6.43. The Balaban J connectivity index is 1.44. The molecule has 0 spiro atoms. The van der Waals surface area contributed by atoms with Crippen LogP contribution in [0.3, 0.4) is 0 Å². The van der Waals surface area contributed by atoms with Gasteiger partial charge in [0.25, 0.3) is 0 Å². The fourth-order valence-corrected chi connectivity index (χ4v) is 3.51. The zero-order valence-corrected chi connectivity index (χ0v) is 13.1. The van der Waals surface area contributed by atoms with Gasteiger partial charge in [0.05, 0.1) is 13.2 Å². The summed E-state index contributed by atoms with van der Waals surface area (Å²) in [4.78, 5) is 14.2. The van der Waals surface area contributed by atoms with Crippen molar-refractivity contribution in [1.82, 2.24) is 15.5 Å². The molecule has 0 aliphatic carbocycles. The third kappa shape index (κ3) is 6.43. The van der Waals surface area contributed by atoms with Gasteiger partial charge >= 0.3 is 0 Å². The van der Waals surface area contributed by atoms with E-state index >= 15 is 0 Å². The Kier molecular flexibility index (Phi) is 7.72. The Morgan fingerprint density at radius 3 is 2.95 bits per heavy atom. The Morgan fingerprint density at radius 1 is 1.35 bits per heavy atom. The molecule has 2 aliphatic heterocycles. The molecule has 1 amide bonds. The number of carbonyl (C=O) groups is 1. The highest BCUT2D eigenvalue weighted by molar-refractivity contribution is 7.99. The Morgan fingerprint density at radius 2 is 2.20 bits per heavy atom. The number of ether oxygens (including phenoxy) is 1. The Bertz CT molecular complexity index is 280. The molecule has 116 valence electrons. The molecule has 20 heavy (non-hydrogen) atoms. The van der Waals surface area contributed by atoms with E-state index in [0.29, 0.717) is 12.5 Å². The first-order chi connectivity index (χ1) is 9.84. The van der Waals surface area contributed by atoms with E-state index in [-0.39, 0.29) is 5.91 Å². The van der Waals surface area contributed by atoms with Gasteiger partial charge in [-0.3, -0.25) is 9.69 Å². The molecule has 0 radical (unpaired) electrons. The van der Waals surface area contributed by atoms with Crippen molar-refractivity contribution in [2.24, 2.45) is 0 Å². The first kappa shape index (κ1) is 16.1. The zero-order valence-electron chi connectivity index (χ0n) is 12.2. The molecule has 1 unspecified atom stereocenters. The fourth-order valence-electron chi connectivity index (χ4n) is 2.56. The van der Waals surface area contributed by atoms with Crippen LogP contribution < -0.4 is 10.6 Å². The van der Waals surface area contributed by atoms with E-state index in [1.165, 1.54) is 5.75 Å². The normalized spacial score (nSPS) is 24.5. The third-order valence-electron chi connectivity index (χ3n) is 3.76. The predicted molar refractivity (Wildman–Crippen MR) is 83.2 cm³/mol. The van der Waals surface area contributed by atoms with Gasteiger partial charge in [0.15, 0.2) is 0 Å². The van der Waals surface area contributed by atoms with E-state index in [1.54, 1.807) is 0 Å². The Hall–Kier alpha value is -0.300. The lowest BCUT2D eigenvalue weighted by Crippen LogP contribution is -2.41. The second kappa shape index (κ2) is 9.60. The molecule has 2 aliphatic rings. The van der Waals surface area contributed by atoms with E-state index in [1.807, 2.05) is 11.8 Å². The molecule has 2 fully saturated rings. The fraction of sp³-hybridized carbons (Fsp3) is 0.929. The molecule has 1 atom stereocenters. The standard InChI is InChI=1S/C14H27N3O2S/c18-14(11-13-12-20-10-4-15-13)16-3-1-2-5-17-6-8-19-9-7-17/h13,15H,1-12H2,(H,16,18). The zero-order chi connectivity index (χ0) is 14.0. The molecular weight excluding hydrogens is 274 g/mol. The van der Waals surface area contributed by atoms with Crippen LogP contribution in [0.25, 0.3) is 0 Å². The van der Waals surface area contributed by atoms with Crippen molar-refractivity contribution in [1.29, 1.82) is 0 Å². The van der Waals surface area contributed by atoms with Gasteiger partial charge < -0.3 is 15.4 Å². The van der Waals surface area contributed by atoms with E-state index in [9.17, 15) is 4.79 Å². The topological polar surface area (TPSA) is 53.6 Å². The number of hydrogen-bond donors (Lipinski definition) is 2. The number of nitrogens with one attached hydrogen (secondary N) is 2. The summed E-state index contributed by atoms with van der Waals surface area (Å²) in [7, 11) is 0. The van der Waals surface area contributed by atoms with Gasteiger partial charge in [0.1, 0.15) is 0 Å². The number of hydrogen-bond acceptors (Lipinski definition) is 5. The highest BCUT2D eigenvalue weighted by atomic mass is 32.2. The van der Waals surface area contributed by atoms with E-state index in [4.69, 9.17) is 4.74 Å². The van der Waals surface area contributed by atoms with E-state index in [2.05, 4.69) is 15.5 Å². The molecule has 5 nitrogen and oxygen atoms in total. The molecule has 2 N–H and O–H groups in total. The summed E-state index contributed by atoms with van der Waals surface area (Å²) in [5.41, 5.74) is 0. The van der Waals surface area contributed by atoms with Gasteiger partial charge in [0, 0.05) is 50.1 Å². The number of rotatable bonds is 7. The van der Waals surface area contributed by atoms with Gasteiger partial charge in [0.2, 0.25) is 5.91 Å². The van der Waals surface area contributed by atoms with Crippen LogP contribution in [0.2, 0.25) is 0 Å². The van der Waals surface area contributed by atoms with Gasteiger partial charge in [-0.05, 0) is 19.4 Å². The summed E-state index contributed by atoms with van der Waals surface area (Å²) in [6, 6.07) is 0.363. The molecule has 0 bridgehead atoms. The van der Waals surface area contributed by atoms with Gasteiger partial charge in [-0.2, -0.15) is 11.8 Å². The summed E-state index contributed by atoms with van der Waals surface area (Å²) in [6.45, 7) is 6.80. The number of thioether (sulfide) groups is 1. The highest BCUT2D eigenvalue weighted by Crippen LogP contribution is 2.09. The van der Waals surface area contributed by atoms with Crippen LogP contribution >= 0.6 is 11.8 Å². The van der Waals surface area contributed by atoms with Crippen molar-refractivity contribution in [2.45, 2.75) is 25.3 Å². The molecular formula is C14H27N3O2S. The number of unbranched alkanes of at least 4 members (excludes halogenated alkanes) is 1. The minimum Gasteiger partial charge on any atom is -0.379 e. The lowest BCUT2D eigenvalue weighted by atomic mass is 10.2. The van der Waals surface area contributed by atoms with Crippen molar-refractivity contribution < 1.29 is 9.53 Å². The largest absolute Gasteiger partial charge is 0.379 e. The van der Waals surface area contributed by atoms with Crippen LogP contribution in [-0.2, 0) is 9.53 Å². The molecule has 0 aromatic carbocycles. The minimum atomic E-state index is 0.191. The summed E-state index contributed by atoms with van der Waals surface area (Å²) in [6.07, 6.45) is 2.84. The molecule has 2 saturated heterocycles. The van der Waals surface area contributed by atoms with Gasteiger partial charge in [-0.1, -0.05) is 0 Å². The maximum absolute atomic E-state index is 11.8. The molecule has 0 saturated carbocycles. The maximum Gasteiger partial charge on any atom is 0.221 e. The van der Waals surface area contributed by atoms with Crippen molar-refractivity contribution in [2.75, 3.05) is 57.4 Å². The third-order valence-corrected chi connectivity index (χ3v) is 4.89. The quantitative estimate of drug-likeness (QED) is 0.663. The molecule has 2 rings (SSSR count). The predicted octanol–water partition coefficient (Wildman–Crippen LogP) is 0.310. The van der Waals surface area contributed by atoms with Crippen LogP contribution in [0.1, 0.15) is 19.3 Å².